The molecule has 1 unspecified atom stereocenters. The zero-order chi connectivity index (χ0) is 11.5. The van der Waals surface area contributed by atoms with Crippen molar-refractivity contribution in [1.82, 2.24) is 0 Å². The molecule has 0 amide bonds. The fourth-order valence-corrected chi connectivity index (χ4v) is 1.58. The van der Waals surface area contributed by atoms with Crippen molar-refractivity contribution in [2.24, 2.45) is 5.73 Å². The summed E-state index contributed by atoms with van der Waals surface area (Å²) >= 11 is 0. The molecule has 82 valence electrons. The Labute approximate surface area is 88.6 Å². The first-order valence-electron chi connectivity index (χ1n) is 4.80. The number of nitrogens with two attached hydrogens (primary N) is 1. The van der Waals surface area contributed by atoms with E-state index in [1.807, 2.05) is 0 Å². The van der Waals surface area contributed by atoms with E-state index < -0.39 is 17.0 Å². The molecule has 1 aromatic carbocycles. The van der Waals surface area contributed by atoms with Crippen LogP contribution in [0.25, 0.3) is 0 Å². The van der Waals surface area contributed by atoms with Gasteiger partial charge in [-0.25, -0.2) is 8.78 Å². The molecule has 0 aliphatic heterocycles. The molecule has 0 spiro atoms. The van der Waals surface area contributed by atoms with Crippen molar-refractivity contribution in [2.45, 2.75) is 18.8 Å². The molecular weight excluding hydrogens is 196 g/mol. The van der Waals surface area contributed by atoms with E-state index in [9.17, 15) is 8.78 Å². The Hall–Kier alpha value is -1.22. The quantitative estimate of drug-likeness (QED) is 0.761. The van der Waals surface area contributed by atoms with Crippen LogP contribution < -0.4 is 5.73 Å². The third-order valence-corrected chi connectivity index (χ3v) is 2.62. The van der Waals surface area contributed by atoms with Crippen LogP contribution in [0, 0.1) is 11.6 Å². The van der Waals surface area contributed by atoms with Crippen molar-refractivity contribution in [3.63, 3.8) is 0 Å². The van der Waals surface area contributed by atoms with Gasteiger partial charge in [0.05, 0.1) is 0 Å². The lowest BCUT2D eigenvalue weighted by Crippen LogP contribution is -2.32. The monoisotopic (exact) mass is 211 g/mol. The summed E-state index contributed by atoms with van der Waals surface area (Å²) in [7, 11) is 0. The van der Waals surface area contributed by atoms with E-state index in [4.69, 9.17) is 5.73 Å². The summed E-state index contributed by atoms with van der Waals surface area (Å²) in [5.41, 5.74) is 5.33. The Morgan fingerprint density at radius 3 is 2.67 bits per heavy atom. The Morgan fingerprint density at radius 2 is 2.13 bits per heavy atom. The molecule has 0 saturated carbocycles. The van der Waals surface area contributed by atoms with Crippen LogP contribution in [0.5, 0.6) is 0 Å². The topological polar surface area (TPSA) is 26.0 Å². The van der Waals surface area contributed by atoms with E-state index in [0.717, 1.165) is 12.1 Å². The smallest absolute Gasteiger partial charge is 0.127 e. The number of rotatable bonds is 4. The Morgan fingerprint density at radius 1 is 1.47 bits per heavy atom. The van der Waals surface area contributed by atoms with Gasteiger partial charge in [-0.15, -0.1) is 6.58 Å². The average Bonchev–Trinajstić information content (AvgIpc) is 2.22. The van der Waals surface area contributed by atoms with Crippen molar-refractivity contribution in [2.75, 3.05) is 6.54 Å². The van der Waals surface area contributed by atoms with E-state index >= 15 is 0 Å². The average molecular weight is 211 g/mol. The fraction of sp³-hybridized carbons (Fsp3) is 0.333. The highest BCUT2D eigenvalue weighted by atomic mass is 19.1. The third kappa shape index (κ3) is 2.42. The maximum atomic E-state index is 13.5. The molecule has 2 N–H and O–H groups in total. The van der Waals surface area contributed by atoms with Gasteiger partial charge in [-0.1, -0.05) is 13.0 Å². The Bertz CT molecular complexity index is 363. The minimum Gasteiger partial charge on any atom is -0.330 e. The second-order valence-electron chi connectivity index (χ2n) is 3.88. The van der Waals surface area contributed by atoms with Gasteiger partial charge in [0.15, 0.2) is 0 Å². The lowest BCUT2D eigenvalue weighted by molar-refractivity contribution is 0.452. The van der Waals surface area contributed by atoms with Gasteiger partial charge in [0.1, 0.15) is 11.6 Å². The zero-order valence-electron chi connectivity index (χ0n) is 8.76. The van der Waals surface area contributed by atoms with Gasteiger partial charge in [0.2, 0.25) is 0 Å². The summed E-state index contributed by atoms with van der Waals surface area (Å²) in [6, 6.07) is 3.43. The van der Waals surface area contributed by atoms with Gasteiger partial charge >= 0.3 is 0 Å². The Kier molecular flexibility index (Phi) is 3.58. The van der Waals surface area contributed by atoms with Crippen molar-refractivity contribution in [1.29, 1.82) is 0 Å². The first-order chi connectivity index (χ1) is 7.03. The molecule has 0 heterocycles. The highest BCUT2D eigenvalue weighted by Crippen LogP contribution is 2.29. The molecule has 0 fully saturated rings. The predicted molar refractivity (Wildman–Crippen MR) is 57.6 cm³/mol. The molecule has 0 aliphatic carbocycles. The van der Waals surface area contributed by atoms with Crippen LogP contribution >= 0.6 is 0 Å². The molecule has 1 atom stereocenters. The standard InChI is InChI=1S/C12H15F2N/c1-3-6-12(2,8-15)10-7-9(13)4-5-11(10)14/h3-5,7H,1,6,8,15H2,2H3. The highest BCUT2D eigenvalue weighted by molar-refractivity contribution is 5.28. The molecule has 1 nitrogen and oxygen atoms in total. The molecule has 0 bridgehead atoms. The second kappa shape index (κ2) is 4.53. The molecule has 0 aromatic heterocycles. The van der Waals surface area contributed by atoms with Crippen molar-refractivity contribution in [3.05, 3.63) is 48.1 Å². The van der Waals surface area contributed by atoms with Crippen molar-refractivity contribution >= 4 is 0 Å². The van der Waals surface area contributed by atoms with Crippen molar-refractivity contribution < 1.29 is 8.78 Å². The van der Waals surface area contributed by atoms with Crippen LogP contribution in [0.1, 0.15) is 18.9 Å². The maximum absolute atomic E-state index is 13.5. The number of halogens is 2. The van der Waals surface area contributed by atoms with Gasteiger partial charge in [0, 0.05) is 12.0 Å². The summed E-state index contributed by atoms with van der Waals surface area (Å²) < 4.78 is 26.5. The first-order valence-corrected chi connectivity index (χ1v) is 4.80. The third-order valence-electron chi connectivity index (χ3n) is 2.62. The summed E-state index contributed by atoms with van der Waals surface area (Å²) in [4.78, 5) is 0. The number of benzene rings is 1. The zero-order valence-corrected chi connectivity index (χ0v) is 8.76. The van der Waals surface area contributed by atoms with Crippen molar-refractivity contribution in [3.8, 4) is 0 Å². The molecule has 1 rings (SSSR count). The molecule has 3 heteroatoms. The fourth-order valence-electron chi connectivity index (χ4n) is 1.58. The second-order valence-corrected chi connectivity index (χ2v) is 3.88. The van der Waals surface area contributed by atoms with E-state index in [1.165, 1.54) is 6.07 Å². The molecular formula is C12H15F2N. The minimum absolute atomic E-state index is 0.249. The molecule has 0 radical (unpaired) electrons. The number of hydrogen-bond donors (Lipinski definition) is 1. The predicted octanol–water partition coefficient (Wildman–Crippen LogP) is 2.76. The molecule has 15 heavy (non-hydrogen) atoms. The summed E-state index contributed by atoms with van der Waals surface area (Å²) in [5.74, 6) is -0.874. The van der Waals surface area contributed by atoms with Gasteiger partial charge in [-0.2, -0.15) is 0 Å². The van der Waals surface area contributed by atoms with Gasteiger partial charge in [-0.3, -0.25) is 0 Å². The lowest BCUT2D eigenvalue weighted by atomic mass is 9.79. The number of allylic oxidation sites excluding steroid dienone is 1. The summed E-state index contributed by atoms with van der Waals surface area (Å²) in [6.45, 7) is 5.65. The van der Waals surface area contributed by atoms with E-state index in [2.05, 4.69) is 6.58 Å². The van der Waals surface area contributed by atoms with Gasteiger partial charge in [0.25, 0.3) is 0 Å². The SMILES string of the molecule is C=CCC(C)(CN)c1cc(F)ccc1F. The van der Waals surface area contributed by atoms with E-state index in [1.54, 1.807) is 13.0 Å². The maximum Gasteiger partial charge on any atom is 0.127 e. The van der Waals surface area contributed by atoms with Crippen LogP contribution in [0.2, 0.25) is 0 Å². The Balaban J connectivity index is 3.21. The van der Waals surface area contributed by atoms with Gasteiger partial charge < -0.3 is 5.73 Å². The largest absolute Gasteiger partial charge is 0.330 e. The highest BCUT2D eigenvalue weighted by Gasteiger charge is 2.27. The van der Waals surface area contributed by atoms with Crippen LogP contribution in [0.15, 0.2) is 30.9 Å². The lowest BCUT2D eigenvalue weighted by Gasteiger charge is -2.27. The molecule has 0 aliphatic rings. The van der Waals surface area contributed by atoms with E-state index in [-0.39, 0.29) is 6.54 Å². The summed E-state index contributed by atoms with van der Waals surface area (Å²) in [5, 5.41) is 0. The normalized spacial score (nSPS) is 14.7. The summed E-state index contributed by atoms with van der Waals surface area (Å²) in [6.07, 6.45) is 2.18. The number of hydrogen-bond acceptors (Lipinski definition) is 1. The van der Waals surface area contributed by atoms with Crippen LogP contribution in [0.3, 0.4) is 0 Å². The van der Waals surface area contributed by atoms with Crippen LogP contribution in [0.4, 0.5) is 8.78 Å². The van der Waals surface area contributed by atoms with Crippen LogP contribution in [-0.2, 0) is 5.41 Å². The first kappa shape index (κ1) is 11.9. The van der Waals surface area contributed by atoms with Crippen LogP contribution in [-0.4, -0.2) is 6.54 Å². The molecule has 0 saturated heterocycles. The van der Waals surface area contributed by atoms with E-state index in [0.29, 0.717) is 12.0 Å². The molecule has 1 aromatic rings. The van der Waals surface area contributed by atoms with Gasteiger partial charge in [-0.05, 0) is 30.2 Å². The minimum atomic E-state index is -0.589.